The predicted molar refractivity (Wildman–Crippen MR) is 84.3 cm³/mol. The van der Waals surface area contributed by atoms with Crippen molar-refractivity contribution >= 4 is 11.0 Å². The molecule has 0 spiro atoms. The summed E-state index contributed by atoms with van der Waals surface area (Å²) < 4.78 is 7.27. The first kappa shape index (κ1) is 13.3. The summed E-state index contributed by atoms with van der Waals surface area (Å²) in [6.45, 7) is 2.65. The van der Waals surface area contributed by atoms with E-state index in [-0.39, 0.29) is 0 Å². The molecule has 3 rings (SSSR count). The van der Waals surface area contributed by atoms with Crippen LogP contribution in [0.3, 0.4) is 0 Å². The standard InChI is InChI=1S/C18H16N2O/c1-14-19-17-7-3-4-8-18(17)20(14)13-5-6-15-9-11-16(21-2)12-10-15/h3-4,7-12H,13H2,1-2H3. The molecule has 0 aliphatic heterocycles. The normalized spacial score (nSPS) is 10.2. The van der Waals surface area contributed by atoms with E-state index in [0.29, 0.717) is 6.54 Å². The van der Waals surface area contributed by atoms with Crippen LogP contribution in [0.5, 0.6) is 5.75 Å². The maximum atomic E-state index is 5.14. The first-order valence-corrected chi connectivity index (χ1v) is 6.83. The Bertz CT molecular complexity index is 820. The zero-order valence-corrected chi connectivity index (χ0v) is 12.1. The zero-order chi connectivity index (χ0) is 14.7. The van der Waals surface area contributed by atoms with Gasteiger partial charge in [0.05, 0.1) is 24.7 Å². The molecule has 1 aromatic heterocycles. The van der Waals surface area contributed by atoms with Gasteiger partial charge in [-0.3, -0.25) is 0 Å². The van der Waals surface area contributed by atoms with E-state index in [0.717, 1.165) is 28.2 Å². The molecule has 0 atom stereocenters. The van der Waals surface area contributed by atoms with Gasteiger partial charge in [0.1, 0.15) is 11.6 Å². The molecule has 3 heteroatoms. The van der Waals surface area contributed by atoms with Gasteiger partial charge in [-0.25, -0.2) is 4.98 Å². The highest BCUT2D eigenvalue weighted by Gasteiger charge is 2.04. The molecule has 0 aliphatic carbocycles. The lowest BCUT2D eigenvalue weighted by molar-refractivity contribution is 0.415. The largest absolute Gasteiger partial charge is 0.497 e. The number of hydrogen-bond donors (Lipinski definition) is 0. The number of nitrogens with zero attached hydrogens (tertiary/aromatic N) is 2. The Morgan fingerprint density at radius 2 is 1.86 bits per heavy atom. The second kappa shape index (κ2) is 5.72. The number of ether oxygens (including phenoxy) is 1. The highest BCUT2D eigenvalue weighted by molar-refractivity contribution is 5.75. The van der Waals surface area contributed by atoms with E-state index >= 15 is 0 Å². The van der Waals surface area contributed by atoms with Crippen LogP contribution in [0, 0.1) is 18.8 Å². The Morgan fingerprint density at radius 3 is 2.62 bits per heavy atom. The minimum absolute atomic E-state index is 0.637. The fraction of sp³-hybridized carbons (Fsp3) is 0.167. The van der Waals surface area contributed by atoms with Crippen LogP contribution in [0.1, 0.15) is 11.4 Å². The van der Waals surface area contributed by atoms with Gasteiger partial charge < -0.3 is 9.30 Å². The van der Waals surface area contributed by atoms with Crippen molar-refractivity contribution in [1.82, 2.24) is 9.55 Å². The molecule has 0 unspecified atom stereocenters. The third kappa shape index (κ3) is 2.75. The van der Waals surface area contributed by atoms with Gasteiger partial charge in [0.15, 0.2) is 0 Å². The van der Waals surface area contributed by atoms with E-state index in [4.69, 9.17) is 4.74 Å². The van der Waals surface area contributed by atoms with Gasteiger partial charge in [-0.2, -0.15) is 0 Å². The van der Waals surface area contributed by atoms with Crippen LogP contribution in [-0.2, 0) is 6.54 Å². The molecule has 104 valence electrons. The third-order valence-corrected chi connectivity index (χ3v) is 3.41. The van der Waals surface area contributed by atoms with Gasteiger partial charge >= 0.3 is 0 Å². The number of imidazole rings is 1. The summed E-state index contributed by atoms with van der Waals surface area (Å²) in [5, 5.41) is 0. The number of rotatable bonds is 2. The van der Waals surface area contributed by atoms with E-state index in [9.17, 15) is 0 Å². The van der Waals surface area contributed by atoms with Crippen LogP contribution in [-0.4, -0.2) is 16.7 Å². The minimum Gasteiger partial charge on any atom is -0.497 e. The Morgan fingerprint density at radius 1 is 1.10 bits per heavy atom. The number of methoxy groups -OCH3 is 1. The molecule has 0 aliphatic rings. The van der Waals surface area contributed by atoms with E-state index in [2.05, 4.69) is 27.5 Å². The third-order valence-electron chi connectivity index (χ3n) is 3.41. The first-order valence-electron chi connectivity index (χ1n) is 6.83. The molecule has 0 bridgehead atoms. The van der Waals surface area contributed by atoms with Gasteiger partial charge in [0.25, 0.3) is 0 Å². The molecule has 1 heterocycles. The Kier molecular flexibility index (Phi) is 3.61. The summed E-state index contributed by atoms with van der Waals surface area (Å²) in [5.41, 5.74) is 3.12. The molecule has 0 saturated heterocycles. The van der Waals surface area contributed by atoms with Crippen molar-refractivity contribution in [2.75, 3.05) is 7.11 Å². The van der Waals surface area contributed by atoms with Crippen molar-refractivity contribution < 1.29 is 4.74 Å². The molecule has 2 aromatic carbocycles. The summed E-state index contributed by atoms with van der Waals surface area (Å²) in [5.74, 6) is 8.21. The summed E-state index contributed by atoms with van der Waals surface area (Å²) in [7, 11) is 1.66. The molecule has 0 saturated carbocycles. The number of benzene rings is 2. The molecule has 3 aromatic rings. The summed E-state index contributed by atoms with van der Waals surface area (Å²) in [6.07, 6.45) is 0. The Balaban J connectivity index is 1.83. The van der Waals surface area contributed by atoms with E-state index in [1.54, 1.807) is 7.11 Å². The Hall–Kier alpha value is -2.73. The lowest BCUT2D eigenvalue weighted by Crippen LogP contribution is -1.98. The summed E-state index contributed by atoms with van der Waals surface area (Å²) >= 11 is 0. The predicted octanol–water partition coefficient (Wildman–Crippen LogP) is 3.41. The molecule has 0 radical (unpaired) electrons. The van der Waals surface area contributed by atoms with Crippen LogP contribution in [0.15, 0.2) is 48.5 Å². The van der Waals surface area contributed by atoms with Gasteiger partial charge in [-0.05, 0) is 43.3 Å². The highest BCUT2D eigenvalue weighted by atomic mass is 16.5. The Labute approximate surface area is 124 Å². The zero-order valence-electron chi connectivity index (χ0n) is 12.1. The topological polar surface area (TPSA) is 27.1 Å². The maximum absolute atomic E-state index is 5.14. The van der Waals surface area contributed by atoms with Gasteiger partial charge in [-0.1, -0.05) is 24.0 Å². The van der Waals surface area contributed by atoms with Crippen molar-refractivity contribution in [3.63, 3.8) is 0 Å². The molecule has 0 amide bonds. The first-order chi connectivity index (χ1) is 10.3. The quantitative estimate of drug-likeness (QED) is 0.671. The van der Waals surface area contributed by atoms with Crippen LogP contribution < -0.4 is 4.74 Å². The van der Waals surface area contributed by atoms with Gasteiger partial charge in [0, 0.05) is 5.56 Å². The molecular formula is C18H16N2O. The number of fused-ring (bicyclic) bond motifs is 1. The second-order valence-electron chi connectivity index (χ2n) is 4.76. The lowest BCUT2D eigenvalue weighted by Gasteiger charge is -2.00. The van der Waals surface area contributed by atoms with Crippen LogP contribution in [0.4, 0.5) is 0 Å². The van der Waals surface area contributed by atoms with Crippen molar-refractivity contribution in [3.05, 3.63) is 59.9 Å². The van der Waals surface area contributed by atoms with Crippen molar-refractivity contribution in [2.24, 2.45) is 0 Å². The fourth-order valence-corrected chi connectivity index (χ4v) is 2.29. The number of para-hydroxylation sites is 2. The van der Waals surface area contributed by atoms with E-state index in [1.807, 2.05) is 49.4 Å². The molecule has 3 nitrogen and oxygen atoms in total. The maximum Gasteiger partial charge on any atom is 0.118 e. The smallest absolute Gasteiger partial charge is 0.118 e. The minimum atomic E-state index is 0.637. The number of aromatic nitrogens is 2. The second-order valence-corrected chi connectivity index (χ2v) is 4.76. The van der Waals surface area contributed by atoms with Crippen LogP contribution >= 0.6 is 0 Å². The van der Waals surface area contributed by atoms with Crippen molar-refractivity contribution in [2.45, 2.75) is 13.5 Å². The number of hydrogen-bond acceptors (Lipinski definition) is 2. The van der Waals surface area contributed by atoms with Crippen LogP contribution in [0.25, 0.3) is 11.0 Å². The van der Waals surface area contributed by atoms with Crippen LogP contribution in [0.2, 0.25) is 0 Å². The van der Waals surface area contributed by atoms with Crippen molar-refractivity contribution in [3.8, 4) is 17.6 Å². The van der Waals surface area contributed by atoms with Gasteiger partial charge in [0.2, 0.25) is 0 Å². The SMILES string of the molecule is COc1ccc(C#CCn2c(C)nc3ccccc32)cc1. The highest BCUT2D eigenvalue weighted by Crippen LogP contribution is 2.15. The molecule has 21 heavy (non-hydrogen) atoms. The summed E-state index contributed by atoms with van der Waals surface area (Å²) in [4.78, 5) is 4.54. The van der Waals surface area contributed by atoms with E-state index in [1.165, 1.54) is 0 Å². The van der Waals surface area contributed by atoms with Crippen molar-refractivity contribution in [1.29, 1.82) is 0 Å². The molecule has 0 N–H and O–H groups in total. The average Bonchev–Trinajstić information content (AvgIpc) is 2.84. The number of aryl methyl sites for hydroxylation is 1. The average molecular weight is 276 g/mol. The molecule has 0 fully saturated rings. The monoisotopic (exact) mass is 276 g/mol. The molecular weight excluding hydrogens is 260 g/mol. The summed E-state index contributed by atoms with van der Waals surface area (Å²) in [6, 6.07) is 15.9. The van der Waals surface area contributed by atoms with Gasteiger partial charge in [-0.15, -0.1) is 0 Å². The fourth-order valence-electron chi connectivity index (χ4n) is 2.29. The lowest BCUT2D eigenvalue weighted by atomic mass is 10.2. The van der Waals surface area contributed by atoms with E-state index < -0.39 is 0 Å².